The molecule has 0 bridgehead atoms. The summed E-state index contributed by atoms with van der Waals surface area (Å²) >= 11 is 6.62. The van der Waals surface area contributed by atoms with Crippen molar-refractivity contribution in [3.8, 4) is 28.3 Å². The maximum absolute atomic E-state index is 13.4. The van der Waals surface area contributed by atoms with Crippen molar-refractivity contribution >= 4 is 21.6 Å². The van der Waals surface area contributed by atoms with E-state index in [1.54, 1.807) is 54.2 Å². The molecular weight excluding hydrogens is 416 g/mol. The summed E-state index contributed by atoms with van der Waals surface area (Å²) in [7, 11) is 0.965. The van der Waals surface area contributed by atoms with Crippen LogP contribution in [-0.2, 0) is 24.1 Å². The van der Waals surface area contributed by atoms with Crippen molar-refractivity contribution in [2.24, 2.45) is 14.1 Å². The van der Waals surface area contributed by atoms with E-state index < -0.39 is 10.0 Å². The van der Waals surface area contributed by atoms with E-state index in [4.69, 9.17) is 16.3 Å². The predicted octanol–water partition coefficient (Wildman–Crippen LogP) is 2.58. The first-order valence-electron chi connectivity index (χ1n) is 8.47. The van der Waals surface area contributed by atoms with Crippen LogP contribution in [0.1, 0.15) is 0 Å². The number of halogens is 1. The van der Waals surface area contributed by atoms with Crippen LogP contribution in [0.25, 0.3) is 22.5 Å². The highest BCUT2D eigenvalue weighted by Crippen LogP contribution is 2.38. The second-order valence-corrected chi connectivity index (χ2v) is 8.49. The van der Waals surface area contributed by atoms with Crippen LogP contribution in [0.15, 0.2) is 53.9 Å². The third kappa shape index (κ3) is 3.30. The van der Waals surface area contributed by atoms with Crippen LogP contribution in [0.3, 0.4) is 0 Å². The van der Waals surface area contributed by atoms with Crippen molar-refractivity contribution < 1.29 is 13.2 Å². The zero-order valence-corrected chi connectivity index (χ0v) is 17.4. The predicted molar refractivity (Wildman–Crippen MR) is 107 cm³/mol. The Morgan fingerprint density at radius 3 is 2.07 bits per heavy atom. The summed E-state index contributed by atoms with van der Waals surface area (Å²) < 4.78 is 36.0. The van der Waals surface area contributed by atoms with Crippen molar-refractivity contribution in [2.75, 3.05) is 7.11 Å². The van der Waals surface area contributed by atoms with Gasteiger partial charge in [0.25, 0.3) is 10.0 Å². The van der Waals surface area contributed by atoms with Crippen LogP contribution in [0, 0.1) is 0 Å². The topological polar surface area (TPSA) is 96.8 Å². The zero-order chi connectivity index (χ0) is 20.8. The molecule has 0 fully saturated rings. The fraction of sp³-hybridized carbons (Fsp3) is 0.167. The van der Waals surface area contributed by atoms with Crippen molar-refractivity contribution in [1.82, 2.24) is 28.7 Å². The lowest BCUT2D eigenvalue weighted by Crippen LogP contribution is -2.16. The monoisotopic (exact) mass is 432 g/mol. The smallest absolute Gasteiger partial charge is 0.283 e. The molecule has 0 aliphatic heterocycles. The number of benzene rings is 1. The van der Waals surface area contributed by atoms with Gasteiger partial charge >= 0.3 is 0 Å². The average molecular weight is 433 g/mol. The minimum atomic E-state index is -4.04. The molecule has 0 saturated carbocycles. The second kappa shape index (κ2) is 7.05. The van der Waals surface area contributed by atoms with Crippen LogP contribution in [0.5, 0.6) is 5.75 Å². The first kappa shape index (κ1) is 19.2. The third-order valence-corrected chi connectivity index (χ3v) is 6.28. The first-order chi connectivity index (χ1) is 13.8. The molecule has 3 aromatic heterocycles. The summed E-state index contributed by atoms with van der Waals surface area (Å²) in [5.41, 5.74) is 1.67. The molecular formula is C18H17ClN6O3S. The standard InChI is InChI=1S/C18H17ClN6O3S/c1-23-10-12(8-20-23)17-16(19)18(13-9-21-24(2)11-13)25(22-17)29(26,27)15-6-4-14(28-3)5-7-15/h4-11H,1-3H3. The van der Waals surface area contributed by atoms with Crippen molar-refractivity contribution in [3.63, 3.8) is 0 Å². The lowest BCUT2D eigenvalue weighted by atomic mass is 10.2. The molecule has 4 aromatic rings. The summed E-state index contributed by atoms with van der Waals surface area (Å²) in [5, 5.41) is 12.8. The molecule has 1 aromatic carbocycles. The zero-order valence-electron chi connectivity index (χ0n) is 15.8. The molecule has 0 aliphatic rings. The van der Waals surface area contributed by atoms with Gasteiger partial charge in [-0.15, -0.1) is 0 Å². The van der Waals surface area contributed by atoms with Crippen molar-refractivity contribution in [3.05, 3.63) is 54.1 Å². The lowest BCUT2D eigenvalue weighted by molar-refractivity contribution is 0.414. The molecule has 0 aliphatic carbocycles. The highest BCUT2D eigenvalue weighted by molar-refractivity contribution is 7.90. The van der Waals surface area contributed by atoms with Crippen LogP contribution < -0.4 is 4.74 Å². The number of ether oxygens (including phenoxy) is 1. The van der Waals surface area contributed by atoms with Crippen LogP contribution in [0.2, 0.25) is 5.02 Å². The molecule has 3 heterocycles. The maximum atomic E-state index is 13.4. The van der Waals surface area contributed by atoms with Gasteiger partial charge in [-0.1, -0.05) is 11.6 Å². The summed E-state index contributed by atoms with van der Waals surface area (Å²) in [6, 6.07) is 6.06. The Kier molecular flexibility index (Phi) is 4.67. The molecule has 0 N–H and O–H groups in total. The number of rotatable bonds is 5. The van der Waals surface area contributed by atoms with Gasteiger partial charge in [-0.25, -0.2) is 0 Å². The molecule has 150 valence electrons. The molecule has 0 atom stereocenters. The van der Waals surface area contributed by atoms with Gasteiger partial charge in [0.1, 0.15) is 17.1 Å². The number of hydrogen-bond acceptors (Lipinski definition) is 6. The van der Waals surface area contributed by atoms with E-state index in [2.05, 4.69) is 15.3 Å². The van der Waals surface area contributed by atoms with Gasteiger partial charge in [-0.2, -0.15) is 27.8 Å². The highest BCUT2D eigenvalue weighted by atomic mass is 35.5. The summed E-state index contributed by atoms with van der Waals surface area (Å²) in [4.78, 5) is 0.0559. The summed E-state index contributed by atoms with van der Waals surface area (Å²) in [6.45, 7) is 0. The Hall–Kier alpha value is -3.11. The fourth-order valence-corrected chi connectivity index (χ4v) is 4.60. The minimum absolute atomic E-state index is 0.0559. The number of methoxy groups -OCH3 is 1. The molecule has 0 radical (unpaired) electrons. The fourth-order valence-electron chi connectivity index (χ4n) is 2.91. The average Bonchev–Trinajstić information content (AvgIpc) is 3.40. The van der Waals surface area contributed by atoms with Crippen molar-refractivity contribution in [1.29, 1.82) is 0 Å². The van der Waals surface area contributed by atoms with E-state index >= 15 is 0 Å². The van der Waals surface area contributed by atoms with Gasteiger partial charge in [0, 0.05) is 37.6 Å². The maximum Gasteiger partial charge on any atom is 0.283 e. The van der Waals surface area contributed by atoms with E-state index in [0.717, 1.165) is 4.09 Å². The number of aromatic nitrogens is 6. The van der Waals surface area contributed by atoms with Crippen LogP contribution in [-0.4, -0.2) is 44.3 Å². The van der Waals surface area contributed by atoms with Gasteiger partial charge < -0.3 is 4.74 Å². The number of nitrogens with zero attached hydrogens (tertiary/aromatic N) is 6. The largest absolute Gasteiger partial charge is 0.497 e. The first-order valence-corrected chi connectivity index (χ1v) is 10.3. The molecule has 0 unspecified atom stereocenters. The van der Waals surface area contributed by atoms with E-state index in [0.29, 0.717) is 22.6 Å². The summed E-state index contributed by atoms with van der Waals surface area (Å²) in [5.74, 6) is 0.547. The quantitative estimate of drug-likeness (QED) is 0.481. The van der Waals surface area contributed by atoms with Gasteiger partial charge in [0.2, 0.25) is 0 Å². The Balaban J connectivity index is 1.95. The molecule has 4 rings (SSSR count). The number of hydrogen-bond donors (Lipinski definition) is 0. The van der Waals surface area contributed by atoms with Gasteiger partial charge in [-0.3, -0.25) is 9.36 Å². The Labute approximate surface area is 172 Å². The van der Waals surface area contributed by atoms with Gasteiger partial charge in [-0.05, 0) is 24.3 Å². The highest BCUT2D eigenvalue weighted by Gasteiger charge is 2.29. The van der Waals surface area contributed by atoms with Crippen molar-refractivity contribution in [2.45, 2.75) is 4.90 Å². The number of aryl methyl sites for hydroxylation is 2. The molecule has 9 nitrogen and oxygen atoms in total. The SMILES string of the molecule is COc1ccc(S(=O)(=O)n2nc(-c3cnn(C)c3)c(Cl)c2-c2cnn(C)c2)cc1. The Morgan fingerprint density at radius 2 is 1.55 bits per heavy atom. The van der Waals surface area contributed by atoms with E-state index in [9.17, 15) is 8.42 Å². The van der Waals surface area contributed by atoms with E-state index in [1.165, 1.54) is 25.4 Å². The Morgan fingerprint density at radius 1 is 0.966 bits per heavy atom. The molecule has 0 saturated heterocycles. The normalized spacial score (nSPS) is 11.7. The second-order valence-electron chi connectivity index (χ2n) is 6.34. The molecule has 29 heavy (non-hydrogen) atoms. The minimum Gasteiger partial charge on any atom is -0.497 e. The van der Waals surface area contributed by atoms with Gasteiger partial charge in [0.05, 0.1) is 29.4 Å². The Bertz CT molecular complexity index is 1290. The molecule has 11 heteroatoms. The van der Waals surface area contributed by atoms with Crippen LogP contribution >= 0.6 is 11.6 Å². The lowest BCUT2D eigenvalue weighted by Gasteiger charge is -2.08. The molecule has 0 amide bonds. The van der Waals surface area contributed by atoms with Gasteiger partial charge in [0.15, 0.2) is 0 Å². The third-order valence-electron chi connectivity index (χ3n) is 4.34. The van der Waals surface area contributed by atoms with E-state index in [1.807, 2.05) is 0 Å². The van der Waals surface area contributed by atoms with Crippen LogP contribution in [0.4, 0.5) is 0 Å². The van der Waals surface area contributed by atoms with E-state index in [-0.39, 0.29) is 15.6 Å². The molecule has 0 spiro atoms. The summed E-state index contributed by atoms with van der Waals surface area (Å²) in [6.07, 6.45) is 6.50.